The lowest BCUT2D eigenvalue weighted by molar-refractivity contribution is -0.134. The molecule has 2 aromatic rings. The zero-order chi connectivity index (χ0) is 21.4. The number of anilines is 2. The number of hydrogen-bond acceptors (Lipinski definition) is 4. The van der Waals surface area contributed by atoms with Crippen molar-refractivity contribution in [1.82, 2.24) is 5.32 Å². The average molecular weight is 415 g/mol. The summed E-state index contributed by atoms with van der Waals surface area (Å²) < 4.78 is 0. The minimum atomic E-state index is -1.26. The molecule has 1 aliphatic heterocycles. The molecule has 7 heteroatoms. The number of nitrogens with one attached hydrogen (secondary N) is 1. The van der Waals surface area contributed by atoms with Gasteiger partial charge >= 0.3 is 11.9 Å². The first-order valence-electron chi connectivity index (χ1n) is 8.95. The molecule has 0 radical (unpaired) electrons. The topological polar surface area (TPSA) is 89.9 Å². The highest BCUT2D eigenvalue weighted by atomic mass is 35.5. The van der Waals surface area contributed by atoms with E-state index < -0.39 is 11.9 Å². The van der Waals surface area contributed by atoms with E-state index in [0.29, 0.717) is 12.2 Å². The third kappa shape index (κ3) is 6.20. The normalized spacial score (nSPS) is 12.2. The maximum absolute atomic E-state index is 9.55. The number of benzene rings is 2. The predicted octanol–water partition coefficient (Wildman–Crippen LogP) is 4.28. The smallest absolute Gasteiger partial charge is 0.328 e. The van der Waals surface area contributed by atoms with Crippen LogP contribution >= 0.6 is 11.6 Å². The Kier molecular flexibility index (Phi) is 8.00. The molecule has 0 aromatic heterocycles. The molecule has 1 heterocycles. The molecule has 0 aliphatic carbocycles. The molecule has 3 rings (SSSR count). The molecule has 0 bridgehead atoms. The van der Waals surface area contributed by atoms with Gasteiger partial charge < -0.3 is 20.4 Å². The number of fused-ring (bicyclic) bond motifs is 2. The van der Waals surface area contributed by atoms with Crippen molar-refractivity contribution in [3.05, 3.63) is 70.8 Å². The summed E-state index contributed by atoms with van der Waals surface area (Å²) in [6, 6.07) is 14.6. The van der Waals surface area contributed by atoms with Crippen LogP contribution in [0.5, 0.6) is 0 Å². The molecule has 0 unspecified atom stereocenters. The lowest BCUT2D eigenvalue weighted by Gasteiger charge is -2.22. The molecule has 0 atom stereocenters. The van der Waals surface area contributed by atoms with Gasteiger partial charge in [0.15, 0.2) is 0 Å². The van der Waals surface area contributed by atoms with Gasteiger partial charge in [0.05, 0.1) is 0 Å². The van der Waals surface area contributed by atoms with Crippen molar-refractivity contribution in [3.8, 4) is 0 Å². The van der Waals surface area contributed by atoms with Gasteiger partial charge in [0, 0.05) is 41.2 Å². The summed E-state index contributed by atoms with van der Waals surface area (Å²) in [5, 5.41) is 19.6. The molecular formula is C22H23ClN2O4. The minimum Gasteiger partial charge on any atom is -0.478 e. The van der Waals surface area contributed by atoms with Crippen LogP contribution in [0.15, 0.2) is 54.6 Å². The second-order valence-corrected chi connectivity index (χ2v) is 6.75. The van der Waals surface area contributed by atoms with E-state index in [-0.39, 0.29) is 0 Å². The van der Waals surface area contributed by atoms with Crippen molar-refractivity contribution < 1.29 is 19.8 Å². The Hall–Kier alpha value is -3.09. The highest BCUT2D eigenvalue weighted by Gasteiger charge is 2.19. The van der Waals surface area contributed by atoms with Crippen LogP contribution in [0.2, 0.25) is 5.02 Å². The number of aliphatic carboxylic acids is 2. The average Bonchev–Trinajstić information content (AvgIpc) is 2.80. The van der Waals surface area contributed by atoms with Crippen LogP contribution in [0.1, 0.15) is 17.5 Å². The van der Waals surface area contributed by atoms with Gasteiger partial charge in [0.1, 0.15) is 0 Å². The predicted molar refractivity (Wildman–Crippen MR) is 117 cm³/mol. The van der Waals surface area contributed by atoms with Gasteiger partial charge in [-0.05, 0) is 55.4 Å². The highest BCUT2D eigenvalue weighted by Crippen LogP contribution is 2.40. The minimum absolute atomic E-state index is 0.558. The molecule has 2 aromatic carbocycles. The van der Waals surface area contributed by atoms with Crippen molar-refractivity contribution in [2.24, 2.45) is 0 Å². The molecule has 6 nitrogen and oxygen atoms in total. The van der Waals surface area contributed by atoms with Crippen LogP contribution in [0.25, 0.3) is 11.6 Å². The van der Waals surface area contributed by atoms with Crippen LogP contribution < -0.4 is 10.2 Å². The molecule has 0 fully saturated rings. The first-order valence-corrected chi connectivity index (χ1v) is 9.33. The monoisotopic (exact) mass is 414 g/mol. The van der Waals surface area contributed by atoms with E-state index in [1.165, 1.54) is 22.4 Å². The van der Waals surface area contributed by atoms with E-state index in [1.54, 1.807) is 0 Å². The Morgan fingerprint density at radius 3 is 2.34 bits per heavy atom. The fourth-order valence-corrected chi connectivity index (χ4v) is 3.14. The molecule has 152 valence electrons. The summed E-state index contributed by atoms with van der Waals surface area (Å²) in [6.45, 7) is 0.958. The molecule has 0 saturated carbocycles. The van der Waals surface area contributed by atoms with Gasteiger partial charge in [-0.2, -0.15) is 0 Å². The van der Waals surface area contributed by atoms with Crippen LogP contribution in [-0.4, -0.2) is 42.8 Å². The highest BCUT2D eigenvalue weighted by molar-refractivity contribution is 6.31. The van der Waals surface area contributed by atoms with Gasteiger partial charge in [-0.1, -0.05) is 35.9 Å². The Labute approximate surface area is 174 Å². The fourth-order valence-electron chi connectivity index (χ4n) is 2.97. The SMILES string of the molecule is CNCCC1=Cc2ccccc2N(C)c2cc(Cl)ccc21.O=C(O)/C=C/C(=O)O. The molecule has 1 aliphatic rings. The van der Waals surface area contributed by atoms with E-state index in [9.17, 15) is 9.59 Å². The maximum Gasteiger partial charge on any atom is 0.328 e. The second-order valence-electron chi connectivity index (χ2n) is 6.31. The first kappa shape index (κ1) is 22.2. The first-order chi connectivity index (χ1) is 13.8. The summed E-state index contributed by atoms with van der Waals surface area (Å²) in [6.07, 6.45) is 4.40. The number of halogens is 1. The Balaban J connectivity index is 0.000000321. The van der Waals surface area contributed by atoms with Crippen LogP contribution in [-0.2, 0) is 9.59 Å². The summed E-state index contributed by atoms with van der Waals surface area (Å²) >= 11 is 6.22. The Bertz CT molecular complexity index is 938. The molecular weight excluding hydrogens is 392 g/mol. The Morgan fingerprint density at radius 1 is 1.07 bits per heavy atom. The summed E-state index contributed by atoms with van der Waals surface area (Å²) in [5.41, 5.74) is 6.22. The van der Waals surface area contributed by atoms with Crippen molar-refractivity contribution in [2.45, 2.75) is 6.42 Å². The van der Waals surface area contributed by atoms with Gasteiger partial charge in [-0.15, -0.1) is 0 Å². The van der Waals surface area contributed by atoms with Crippen molar-refractivity contribution in [3.63, 3.8) is 0 Å². The van der Waals surface area contributed by atoms with E-state index >= 15 is 0 Å². The van der Waals surface area contributed by atoms with E-state index in [0.717, 1.165) is 23.7 Å². The van der Waals surface area contributed by atoms with Crippen molar-refractivity contribution in [1.29, 1.82) is 0 Å². The fraction of sp³-hybridized carbons (Fsp3) is 0.182. The number of para-hydroxylation sites is 1. The number of carboxylic acids is 2. The van der Waals surface area contributed by atoms with E-state index in [4.69, 9.17) is 21.8 Å². The van der Waals surface area contributed by atoms with Crippen molar-refractivity contribution in [2.75, 3.05) is 25.5 Å². The van der Waals surface area contributed by atoms with Gasteiger partial charge in [0.2, 0.25) is 0 Å². The number of rotatable bonds is 5. The maximum atomic E-state index is 9.55. The lowest BCUT2D eigenvalue weighted by Crippen LogP contribution is -2.12. The van der Waals surface area contributed by atoms with Gasteiger partial charge in [-0.25, -0.2) is 9.59 Å². The van der Waals surface area contributed by atoms with Crippen molar-refractivity contribution >= 4 is 46.6 Å². The summed E-state index contributed by atoms with van der Waals surface area (Å²) in [7, 11) is 4.09. The molecule has 29 heavy (non-hydrogen) atoms. The van der Waals surface area contributed by atoms with Crippen LogP contribution in [0, 0.1) is 0 Å². The second kappa shape index (κ2) is 10.5. The van der Waals surface area contributed by atoms with E-state index in [1.807, 2.05) is 19.2 Å². The standard InChI is InChI=1S/C18H19ClN2.C4H4O4/c1-20-10-9-13-11-14-5-3-4-6-17(14)21(2)18-12-15(19)7-8-16(13)18;5-3(6)1-2-4(7)8/h3-8,11-12,20H,9-10H2,1-2H3;1-2H,(H,5,6)(H,7,8)/b;2-1+. The summed E-state index contributed by atoms with van der Waals surface area (Å²) in [4.78, 5) is 21.3. The molecule has 0 saturated heterocycles. The quantitative estimate of drug-likeness (QED) is 0.632. The molecule has 3 N–H and O–H groups in total. The van der Waals surface area contributed by atoms with Gasteiger partial charge in [0.25, 0.3) is 0 Å². The van der Waals surface area contributed by atoms with E-state index in [2.05, 4.69) is 53.7 Å². The Morgan fingerprint density at radius 2 is 1.72 bits per heavy atom. The summed E-state index contributed by atoms with van der Waals surface area (Å²) in [5.74, 6) is -2.51. The van der Waals surface area contributed by atoms with Crippen LogP contribution in [0.4, 0.5) is 11.4 Å². The number of carbonyl (C=O) groups is 2. The molecule has 0 amide bonds. The zero-order valence-electron chi connectivity index (χ0n) is 16.2. The largest absolute Gasteiger partial charge is 0.478 e. The number of hydrogen-bond donors (Lipinski definition) is 3. The number of carboxylic acid groups (broad SMARTS) is 2. The molecule has 0 spiro atoms. The lowest BCUT2D eigenvalue weighted by atomic mass is 9.99. The zero-order valence-corrected chi connectivity index (χ0v) is 17.0. The third-order valence-electron chi connectivity index (χ3n) is 4.31. The third-order valence-corrected chi connectivity index (χ3v) is 4.54. The van der Waals surface area contributed by atoms with Gasteiger partial charge in [-0.3, -0.25) is 0 Å². The number of nitrogens with zero attached hydrogens (tertiary/aromatic N) is 1. The van der Waals surface area contributed by atoms with Crippen LogP contribution in [0.3, 0.4) is 0 Å².